The van der Waals surface area contributed by atoms with Crippen LogP contribution in [0.5, 0.6) is 28.7 Å². The smallest absolute Gasteiger partial charge is 1.00 e. The third-order valence-electron chi connectivity index (χ3n) is 8.76. The largest absolute Gasteiger partial charge is 2.00 e. The molecule has 0 saturated carbocycles. The van der Waals surface area contributed by atoms with Gasteiger partial charge < -0.3 is 48.5 Å². The number of rotatable bonds is 8. The van der Waals surface area contributed by atoms with Gasteiger partial charge >= 0.3 is 38.7 Å². The van der Waals surface area contributed by atoms with Gasteiger partial charge in [-0.3, -0.25) is 0 Å². The third kappa shape index (κ3) is 13.1. The van der Waals surface area contributed by atoms with Crippen LogP contribution in [0.3, 0.4) is 0 Å². The Labute approximate surface area is 334 Å². The van der Waals surface area contributed by atoms with Crippen molar-refractivity contribution in [1.82, 2.24) is 0 Å². The van der Waals surface area contributed by atoms with Crippen LogP contribution in [0.4, 0.5) is 13.2 Å². The molecule has 0 radical (unpaired) electrons. The van der Waals surface area contributed by atoms with Crippen LogP contribution in [-0.4, -0.2) is 57.4 Å². The zero-order chi connectivity index (χ0) is 38.1. The first kappa shape index (κ1) is 49.4. The minimum atomic E-state index is -5.90. The Morgan fingerprint density at radius 3 is 1.48 bits per heavy atom. The molecule has 0 saturated heterocycles. The SMILES string of the molecule is C=C(C)[C@@H]1CCC(C)=C[C@H]1c1c(O)cc(CCC)cc1O.C=C(C)[C@@H]1CCC(C)=C[C@H]1c1c(O)cc(OS(=O)(=O)C(F)(F)F)cc1O.[Br-].[CH2-]CC.[Mg+2]. The van der Waals surface area contributed by atoms with Crippen LogP contribution >= 0.6 is 0 Å². The van der Waals surface area contributed by atoms with E-state index in [1.54, 1.807) is 12.1 Å². The zero-order valence-electron chi connectivity index (χ0n) is 31.0. The fraction of sp³-hybridized carbons (Fsp3) is 0.462. The Morgan fingerprint density at radius 1 is 0.827 bits per heavy atom. The Kier molecular flexibility index (Phi) is 20.2. The van der Waals surface area contributed by atoms with Crippen molar-refractivity contribution >= 4 is 33.2 Å². The number of alkyl halides is 3. The third-order valence-corrected chi connectivity index (χ3v) is 9.74. The van der Waals surface area contributed by atoms with Gasteiger partial charge in [-0.05, 0) is 89.3 Å². The van der Waals surface area contributed by atoms with Crippen molar-refractivity contribution in [2.45, 2.75) is 104 Å². The van der Waals surface area contributed by atoms with Crippen LogP contribution in [0.25, 0.3) is 0 Å². The number of aryl methyl sites for hydroxylation is 1. The summed E-state index contributed by atoms with van der Waals surface area (Å²) in [7, 11) is -5.90. The average molecular weight is 826 g/mol. The van der Waals surface area contributed by atoms with Gasteiger partial charge in [-0.1, -0.05) is 67.9 Å². The molecule has 0 fully saturated rings. The Morgan fingerprint density at radius 2 is 1.17 bits per heavy atom. The summed E-state index contributed by atoms with van der Waals surface area (Å²) >= 11 is 0. The van der Waals surface area contributed by atoms with Crippen LogP contribution < -0.4 is 21.2 Å². The normalized spacial score (nSPS) is 19.8. The second-order valence-corrected chi connectivity index (χ2v) is 14.8. The minimum Gasteiger partial charge on any atom is -1.00 e. The number of hydrogen-bond donors (Lipinski definition) is 4. The Balaban J connectivity index is 0.000000912. The van der Waals surface area contributed by atoms with E-state index in [1.807, 2.05) is 33.8 Å². The molecule has 0 unspecified atom stereocenters. The van der Waals surface area contributed by atoms with Gasteiger partial charge in [0.2, 0.25) is 0 Å². The van der Waals surface area contributed by atoms with Crippen molar-refractivity contribution in [2.24, 2.45) is 11.8 Å². The molecule has 2 aliphatic carbocycles. The predicted molar refractivity (Wildman–Crippen MR) is 199 cm³/mol. The van der Waals surface area contributed by atoms with E-state index in [1.165, 1.54) is 5.57 Å². The molecule has 0 aliphatic heterocycles. The number of aromatic hydroxyl groups is 4. The molecule has 2 aromatic rings. The second kappa shape index (κ2) is 21.3. The molecule has 0 amide bonds. The fourth-order valence-corrected chi connectivity index (χ4v) is 6.87. The molecule has 52 heavy (non-hydrogen) atoms. The van der Waals surface area contributed by atoms with Gasteiger partial charge in [0.25, 0.3) is 0 Å². The maximum Gasteiger partial charge on any atom is 2.00 e. The molecule has 13 heteroatoms. The molecule has 0 bridgehead atoms. The summed E-state index contributed by atoms with van der Waals surface area (Å²) in [5, 5.41) is 41.3. The molecule has 0 spiro atoms. The van der Waals surface area contributed by atoms with Gasteiger partial charge in [-0.2, -0.15) is 28.0 Å². The number of phenolic OH excluding ortho intramolecular Hbond substituents is 4. The van der Waals surface area contributed by atoms with Crippen molar-refractivity contribution in [2.75, 3.05) is 0 Å². The molecule has 4 N–H and O–H groups in total. The monoisotopic (exact) mass is 824 g/mol. The fourth-order valence-electron chi connectivity index (χ4n) is 6.43. The van der Waals surface area contributed by atoms with Crippen LogP contribution in [0.2, 0.25) is 0 Å². The van der Waals surface area contributed by atoms with E-state index in [4.69, 9.17) is 0 Å². The van der Waals surface area contributed by atoms with Gasteiger partial charge in [0, 0.05) is 35.1 Å². The van der Waals surface area contributed by atoms with E-state index < -0.39 is 38.8 Å². The standard InChI is InChI=1S/C19H26O2.C17H19F3O5S.C3H7.BrH.Mg/c1-5-6-14-10-17(20)19(18(21)11-14)16-9-13(4)7-8-15(16)12(2)3;1-9(2)12-5-4-10(3)6-13(12)16-14(21)7-11(8-15(16)22)25-26(23,24)17(18,19)20;1-3-2;;/h9-11,15-16,20-21H,2,5-8H2,1,3-4H3;6-8,12-13,21-22H,1,4-5H2,2-3H3;1,3H2,2H3;1H;/q;;-1;;+2/p-1/t15-,16+;12-,13+;;;/m00.../s1. The Hall–Kier alpha value is -2.61. The molecule has 2 aliphatic rings. The summed E-state index contributed by atoms with van der Waals surface area (Å²) in [5.74, 6) is -1.74. The molecule has 2 aromatic carbocycles. The van der Waals surface area contributed by atoms with Crippen molar-refractivity contribution in [3.8, 4) is 28.7 Å². The van der Waals surface area contributed by atoms with Crippen LogP contribution in [0, 0.1) is 18.8 Å². The van der Waals surface area contributed by atoms with E-state index in [9.17, 15) is 42.0 Å². The zero-order valence-corrected chi connectivity index (χ0v) is 34.8. The van der Waals surface area contributed by atoms with Gasteiger partial charge in [-0.15, -0.1) is 0 Å². The van der Waals surface area contributed by atoms with Gasteiger partial charge in [-0.25, -0.2) is 0 Å². The summed E-state index contributed by atoms with van der Waals surface area (Å²) in [6.07, 6.45) is 10.5. The van der Waals surface area contributed by atoms with Crippen molar-refractivity contribution in [3.63, 3.8) is 0 Å². The van der Waals surface area contributed by atoms with Crippen LogP contribution in [-0.2, 0) is 16.5 Å². The van der Waals surface area contributed by atoms with Gasteiger partial charge in [0.05, 0.1) is 0 Å². The minimum absolute atomic E-state index is 0. The van der Waals surface area contributed by atoms with E-state index in [0.717, 1.165) is 79.4 Å². The first-order valence-electron chi connectivity index (χ1n) is 16.7. The average Bonchev–Trinajstić information content (AvgIpc) is 2.96. The molecule has 7 nitrogen and oxygen atoms in total. The van der Waals surface area contributed by atoms with Crippen LogP contribution in [0.15, 0.2) is 71.9 Å². The van der Waals surface area contributed by atoms with E-state index in [2.05, 4.69) is 44.2 Å². The summed E-state index contributed by atoms with van der Waals surface area (Å²) in [4.78, 5) is 0. The van der Waals surface area contributed by atoms with E-state index in [0.29, 0.717) is 5.56 Å². The van der Waals surface area contributed by atoms with Crippen molar-refractivity contribution in [3.05, 3.63) is 95.5 Å². The quantitative estimate of drug-likeness (QED) is 0.0727. The maximum absolute atomic E-state index is 12.4. The van der Waals surface area contributed by atoms with Crippen molar-refractivity contribution < 1.29 is 63.2 Å². The number of phenols is 4. The molecular weight excluding hydrogens is 774 g/mol. The maximum atomic E-state index is 12.4. The van der Waals surface area contributed by atoms with Gasteiger partial charge in [0.1, 0.15) is 28.7 Å². The molecule has 4 rings (SSSR count). The summed E-state index contributed by atoms with van der Waals surface area (Å²) in [5.41, 5.74) is 0.402. The predicted octanol–water partition coefficient (Wildman–Crippen LogP) is 7.26. The summed E-state index contributed by atoms with van der Waals surface area (Å²) in [6.45, 7) is 23.4. The first-order valence-corrected chi connectivity index (χ1v) is 18.2. The number of halogens is 4. The molecule has 0 heterocycles. The van der Waals surface area contributed by atoms with Gasteiger partial charge in [0.15, 0.2) is 0 Å². The Bertz CT molecular complexity index is 1660. The molecule has 0 aromatic heterocycles. The van der Waals surface area contributed by atoms with E-state index >= 15 is 0 Å². The summed E-state index contributed by atoms with van der Waals surface area (Å²) < 4.78 is 63.4. The van der Waals surface area contributed by atoms with Crippen molar-refractivity contribution in [1.29, 1.82) is 0 Å². The molecule has 286 valence electrons. The number of benzene rings is 2. The second-order valence-electron chi connectivity index (χ2n) is 13.2. The summed E-state index contributed by atoms with van der Waals surface area (Å²) in [6, 6.07) is 5.08. The first-order chi connectivity index (χ1) is 23.2. The van der Waals surface area contributed by atoms with Crippen LogP contribution in [0.1, 0.15) is 109 Å². The topological polar surface area (TPSA) is 124 Å². The number of hydrogen-bond acceptors (Lipinski definition) is 7. The molecule has 4 atom stereocenters. The number of allylic oxidation sites excluding steroid dienone is 6. The molecular formula is C39H52BrF3MgO7S. The van der Waals surface area contributed by atoms with E-state index in [-0.39, 0.29) is 74.9 Å².